The van der Waals surface area contributed by atoms with Crippen molar-refractivity contribution in [3.63, 3.8) is 0 Å². The minimum atomic E-state index is -4.04. The van der Waals surface area contributed by atoms with Crippen LogP contribution in [0.3, 0.4) is 0 Å². The summed E-state index contributed by atoms with van der Waals surface area (Å²) in [7, 11) is -1.96. The lowest BCUT2D eigenvalue weighted by Crippen LogP contribution is -2.47. The maximum atomic E-state index is 12.1. The minimum absolute atomic E-state index is 0.0686. The van der Waals surface area contributed by atoms with E-state index in [0.717, 1.165) is 19.8 Å². The van der Waals surface area contributed by atoms with Crippen molar-refractivity contribution in [3.8, 4) is 0 Å². The summed E-state index contributed by atoms with van der Waals surface area (Å²) in [6.07, 6.45) is 0. The van der Waals surface area contributed by atoms with Crippen molar-refractivity contribution in [2.24, 2.45) is 0 Å². The van der Waals surface area contributed by atoms with Crippen molar-refractivity contribution < 1.29 is 27.5 Å². The van der Waals surface area contributed by atoms with E-state index in [2.05, 4.69) is 9.47 Å². The van der Waals surface area contributed by atoms with Crippen molar-refractivity contribution >= 4 is 22.0 Å². The summed E-state index contributed by atoms with van der Waals surface area (Å²) < 4.78 is 34.8. The van der Waals surface area contributed by atoms with E-state index in [-0.39, 0.29) is 4.90 Å². The van der Waals surface area contributed by atoms with Crippen LogP contribution in [0.2, 0.25) is 0 Å². The summed E-state index contributed by atoms with van der Waals surface area (Å²) in [6.45, 7) is 1.80. The molecule has 0 aromatic heterocycles. The quantitative estimate of drug-likeness (QED) is 0.606. The van der Waals surface area contributed by atoms with Crippen LogP contribution >= 0.6 is 0 Å². The molecule has 0 saturated heterocycles. The largest absolute Gasteiger partial charge is 0.467 e. The Morgan fingerprint density at radius 2 is 1.50 bits per heavy atom. The Morgan fingerprint density at radius 1 is 1.05 bits per heavy atom. The van der Waals surface area contributed by atoms with Crippen LogP contribution in [0.15, 0.2) is 29.2 Å². The lowest BCUT2D eigenvalue weighted by atomic mass is 10.2. The zero-order valence-corrected chi connectivity index (χ0v) is 12.1. The maximum Gasteiger partial charge on any atom is 0.335 e. The lowest BCUT2D eigenvalue weighted by molar-refractivity contribution is -0.154. The van der Waals surface area contributed by atoms with E-state index < -0.39 is 28.0 Å². The number of nitrogens with one attached hydrogen (secondary N) is 1. The number of methoxy groups -OCH3 is 2. The van der Waals surface area contributed by atoms with E-state index in [1.54, 1.807) is 19.1 Å². The summed E-state index contributed by atoms with van der Waals surface area (Å²) in [6, 6.07) is 4.18. The van der Waals surface area contributed by atoms with Gasteiger partial charge in [-0.05, 0) is 19.1 Å². The van der Waals surface area contributed by atoms with Gasteiger partial charge in [-0.25, -0.2) is 18.0 Å². The van der Waals surface area contributed by atoms with Crippen LogP contribution in [-0.2, 0) is 29.1 Å². The van der Waals surface area contributed by atoms with Crippen molar-refractivity contribution in [2.45, 2.75) is 17.9 Å². The van der Waals surface area contributed by atoms with Gasteiger partial charge in [0.2, 0.25) is 16.1 Å². The summed E-state index contributed by atoms with van der Waals surface area (Å²) in [5, 5.41) is 0. The molecule has 110 valence electrons. The molecule has 0 fully saturated rings. The number of esters is 2. The third kappa shape index (κ3) is 3.78. The number of aryl methyl sites for hydroxylation is 1. The molecule has 0 spiro atoms. The molecule has 0 bridgehead atoms. The smallest absolute Gasteiger partial charge is 0.335 e. The van der Waals surface area contributed by atoms with Gasteiger partial charge in [0, 0.05) is 0 Å². The number of benzene rings is 1. The predicted molar refractivity (Wildman–Crippen MR) is 69.3 cm³/mol. The van der Waals surface area contributed by atoms with Crippen LogP contribution in [0.5, 0.6) is 0 Å². The Morgan fingerprint density at radius 3 is 1.90 bits per heavy atom. The minimum Gasteiger partial charge on any atom is -0.467 e. The first kappa shape index (κ1) is 16.1. The molecule has 0 heterocycles. The highest BCUT2D eigenvalue weighted by molar-refractivity contribution is 7.89. The molecule has 0 aliphatic carbocycles. The van der Waals surface area contributed by atoms with Gasteiger partial charge in [0.25, 0.3) is 0 Å². The molecule has 0 radical (unpaired) electrons. The molecular formula is C12H15NO6S. The van der Waals surface area contributed by atoms with Gasteiger partial charge in [0.05, 0.1) is 19.1 Å². The fourth-order valence-corrected chi connectivity index (χ4v) is 2.50. The van der Waals surface area contributed by atoms with Crippen LogP contribution in [0.4, 0.5) is 0 Å². The first-order chi connectivity index (χ1) is 9.31. The first-order valence-corrected chi connectivity index (χ1v) is 7.05. The normalized spacial score (nSPS) is 11.2. The second-order valence-electron chi connectivity index (χ2n) is 3.91. The molecule has 0 saturated carbocycles. The van der Waals surface area contributed by atoms with E-state index in [9.17, 15) is 18.0 Å². The molecule has 7 nitrogen and oxygen atoms in total. The number of ether oxygens (including phenoxy) is 2. The van der Waals surface area contributed by atoms with Gasteiger partial charge < -0.3 is 9.47 Å². The van der Waals surface area contributed by atoms with Gasteiger partial charge in [0.15, 0.2) is 0 Å². The Kier molecular flexibility index (Phi) is 5.23. The topological polar surface area (TPSA) is 98.8 Å². The molecule has 20 heavy (non-hydrogen) atoms. The second kappa shape index (κ2) is 6.49. The SMILES string of the molecule is COC(=O)C(NS(=O)(=O)c1ccc(C)cc1)C(=O)OC. The highest BCUT2D eigenvalue weighted by Crippen LogP contribution is 2.11. The van der Waals surface area contributed by atoms with Gasteiger partial charge in [-0.1, -0.05) is 17.7 Å². The summed E-state index contributed by atoms with van der Waals surface area (Å²) >= 11 is 0. The van der Waals surface area contributed by atoms with Crippen molar-refractivity contribution in [1.82, 2.24) is 4.72 Å². The molecule has 1 N–H and O–H groups in total. The average molecular weight is 301 g/mol. The van der Waals surface area contributed by atoms with Crippen LogP contribution < -0.4 is 4.72 Å². The zero-order valence-electron chi connectivity index (χ0n) is 11.2. The predicted octanol–water partition coefficient (Wildman–Crippen LogP) is -0.0121. The third-order valence-electron chi connectivity index (χ3n) is 2.48. The second-order valence-corrected chi connectivity index (χ2v) is 5.63. The van der Waals surface area contributed by atoms with Gasteiger partial charge in [0.1, 0.15) is 0 Å². The monoisotopic (exact) mass is 301 g/mol. The van der Waals surface area contributed by atoms with Crippen LogP contribution in [0.25, 0.3) is 0 Å². The van der Waals surface area contributed by atoms with Crippen LogP contribution in [0.1, 0.15) is 5.56 Å². The van der Waals surface area contributed by atoms with Gasteiger partial charge in [-0.3, -0.25) is 0 Å². The van der Waals surface area contributed by atoms with Crippen molar-refractivity contribution in [2.75, 3.05) is 14.2 Å². The number of hydrogen-bond donors (Lipinski definition) is 1. The molecule has 0 aliphatic rings. The standard InChI is InChI=1S/C12H15NO6S/c1-8-4-6-9(7-5-8)20(16,17)13-10(11(14)18-2)12(15)19-3/h4-7,10,13H,1-3H3. The van der Waals surface area contributed by atoms with Crippen molar-refractivity contribution in [3.05, 3.63) is 29.8 Å². The fourth-order valence-electron chi connectivity index (χ4n) is 1.37. The highest BCUT2D eigenvalue weighted by atomic mass is 32.2. The van der Waals surface area contributed by atoms with E-state index >= 15 is 0 Å². The molecule has 8 heteroatoms. The summed E-state index contributed by atoms with van der Waals surface area (Å²) in [5.74, 6) is -2.10. The Labute approximate surface area is 116 Å². The van der Waals surface area contributed by atoms with Gasteiger partial charge >= 0.3 is 11.9 Å². The Balaban J connectivity index is 3.05. The molecule has 0 atom stereocenters. The fraction of sp³-hybridized carbons (Fsp3) is 0.333. The molecule has 1 rings (SSSR count). The number of hydrogen-bond acceptors (Lipinski definition) is 6. The molecule has 1 aromatic rings. The number of carbonyl (C=O) groups is 2. The molecule has 0 amide bonds. The van der Waals surface area contributed by atoms with E-state index in [1.807, 2.05) is 4.72 Å². The first-order valence-electron chi connectivity index (χ1n) is 5.56. The Hall–Kier alpha value is -1.93. The maximum absolute atomic E-state index is 12.1. The van der Waals surface area contributed by atoms with E-state index in [1.165, 1.54) is 12.1 Å². The number of rotatable bonds is 5. The molecule has 1 aromatic carbocycles. The zero-order chi connectivity index (χ0) is 15.3. The average Bonchev–Trinajstić information content (AvgIpc) is 2.43. The van der Waals surface area contributed by atoms with E-state index in [4.69, 9.17) is 0 Å². The van der Waals surface area contributed by atoms with Crippen LogP contribution in [0, 0.1) is 6.92 Å². The number of carbonyl (C=O) groups excluding carboxylic acids is 2. The van der Waals surface area contributed by atoms with Crippen LogP contribution in [-0.4, -0.2) is 40.6 Å². The highest BCUT2D eigenvalue weighted by Gasteiger charge is 2.33. The number of sulfonamides is 1. The lowest BCUT2D eigenvalue weighted by Gasteiger charge is -2.14. The summed E-state index contributed by atoms with van der Waals surface area (Å²) in [4.78, 5) is 22.8. The molecule has 0 unspecified atom stereocenters. The Bertz CT molecular complexity index is 577. The summed E-state index contributed by atoms with van der Waals surface area (Å²) in [5.41, 5.74) is 0.876. The molecular weight excluding hydrogens is 286 g/mol. The van der Waals surface area contributed by atoms with Gasteiger partial charge in [-0.15, -0.1) is 0 Å². The van der Waals surface area contributed by atoms with E-state index in [0.29, 0.717) is 0 Å². The molecule has 0 aliphatic heterocycles. The van der Waals surface area contributed by atoms with Gasteiger partial charge in [-0.2, -0.15) is 4.72 Å². The van der Waals surface area contributed by atoms with Crippen molar-refractivity contribution in [1.29, 1.82) is 0 Å². The third-order valence-corrected chi connectivity index (χ3v) is 3.92.